The maximum Gasteiger partial charge on any atom is 0.410 e. The van der Waals surface area contributed by atoms with Gasteiger partial charge < -0.3 is 15.0 Å². The SMILES string of the molecule is CC(C)(C)OC(=O)N1CCN(S(=O)(=O)N2C[C@@H]3C(N4C(=O)C(Cc5ccncc5)(Cc5ccncc5)N/C4=C\C(=O)c4ccc(C#N)cc4)[C@@H]3C2)CC1. The molecular formula is C38H42N8O6S. The molecule has 7 rings (SSSR count). The Bertz CT molecular complexity index is 2000. The third-order valence-electron chi connectivity index (χ3n) is 10.3. The van der Waals surface area contributed by atoms with E-state index < -0.39 is 27.4 Å². The molecule has 3 aromatic rings. The molecule has 1 N–H and O–H groups in total. The number of nitriles is 1. The molecule has 3 aliphatic heterocycles. The van der Waals surface area contributed by atoms with E-state index in [1.54, 1.807) is 74.7 Å². The number of rotatable bonds is 9. The van der Waals surface area contributed by atoms with E-state index in [0.29, 0.717) is 29.8 Å². The van der Waals surface area contributed by atoms with E-state index in [-0.39, 0.29) is 68.8 Å². The topological polar surface area (TPSA) is 169 Å². The summed E-state index contributed by atoms with van der Waals surface area (Å²) in [5.74, 6) is -0.440. The molecule has 1 unspecified atom stereocenters. The number of hydrogen-bond donors (Lipinski definition) is 1. The van der Waals surface area contributed by atoms with Gasteiger partial charge in [-0.25, -0.2) is 4.79 Å². The highest BCUT2D eigenvalue weighted by Gasteiger charge is 2.66. The number of nitrogens with zero attached hydrogens (tertiary/aromatic N) is 7. The largest absolute Gasteiger partial charge is 0.444 e. The van der Waals surface area contributed by atoms with Gasteiger partial charge >= 0.3 is 6.09 Å². The Balaban J connectivity index is 1.13. The van der Waals surface area contributed by atoms with Gasteiger partial charge in [0.2, 0.25) is 0 Å². The first-order valence-corrected chi connectivity index (χ1v) is 19.1. The van der Waals surface area contributed by atoms with E-state index in [4.69, 9.17) is 4.74 Å². The van der Waals surface area contributed by atoms with Crippen LogP contribution in [0.1, 0.15) is 47.8 Å². The maximum atomic E-state index is 14.9. The Kier molecular flexibility index (Phi) is 9.56. The first-order valence-electron chi connectivity index (χ1n) is 17.7. The van der Waals surface area contributed by atoms with Crippen molar-refractivity contribution in [3.05, 3.63) is 107 Å². The minimum Gasteiger partial charge on any atom is -0.444 e. The summed E-state index contributed by atoms with van der Waals surface area (Å²) >= 11 is 0. The number of hydrogen-bond acceptors (Lipinski definition) is 10. The molecule has 5 heterocycles. The minimum absolute atomic E-state index is 0.135. The summed E-state index contributed by atoms with van der Waals surface area (Å²) in [6, 6.07) is 15.5. The molecule has 0 bridgehead atoms. The zero-order valence-electron chi connectivity index (χ0n) is 29.9. The normalized spacial score (nSPS) is 23.7. The van der Waals surface area contributed by atoms with Crippen molar-refractivity contribution >= 4 is 28.0 Å². The first kappa shape index (κ1) is 36.2. The number of fused-ring (bicyclic) bond motifs is 1. The van der Waals surface area contributed by atoms with E-state index in [1.807, 2.05) is 24.3 Å². The van der Waals surface area contributed by atoms with Crippen molar-refractivity contribution in [2.75, 3.05) is 39.3 Å². The summed E-state index contributed by atoms with van der Waals surface area (Å²) in [4.78, 5) is 52.7. The molecule has 14 nitrogen and oxygen atoms in total. The Morgan fingerprint density at radius 3 is 1.96 bits per heavy atom. The summed E-state index contributed by atoms with van der Waals surface area (Å²) in [6.07, 6.45) is 8.30. The van der Waals surface area contributed by atoms with Crippen LogP contribution in [0.5, 0.6) is 0 Å². The molecule has 53 heavy (non-hydrogen) atoms. The lowest BCUT2D eigenvalue weighted by atomic mass is 9.85. The predicted molar refractivity (Wildman–Crippen MR) is 193 cm³/mol. The lowest BCUT2D eigenvalue weighted by molar-refractivity contribution is -0.132. The van der Waals surface area contributed by atoms with Gasteiger partial charge in [0.25, 0.3) is 16.1 Å². The van der Waals surface area contributed by atoms with Crippen LogP contribution in [0.3, 0.4) is 0 Å². The summed E-state index contributed by atoms with van der Waals surface area (Å²) in [5, 5.41) is 12.7. The molecule has 1 aliphatic carbocycles. The van der Waals surface area contributed by atoms with Gasteiger partial charge in [-0.2, -0.15) is 22.3 Å². The summed E-state index contributed by atoms with van der Waals surface area (Å²) in [7, 11) is -3.82. The van der Waals surface area contributed by atoms with Gasteiger partial charge in [-0.05, 0) is 80.4 Å². The van der Waals surface area contributed by atoms with Gasteiger partial charge in [-0.1, -0.05) is 0 Å². The van der Waals surface area contributed by atoms with E-state index in [1.165, 1.54) is 19.6 Å². The number of ketones is 1. The molecule has 3 saturated heterocycles. The number of piperazine rings is 1. The number of amides is 2. The van der Waals surface area contributed by atoms with Crippen LogP contribution < -0.4 is 5.32 Å². The van der Waals surface area contributed by atoms with E-state index in [9.17, 15) is 28.1 Å². The molecule has 1 saturated carbocycles. The fraction of sp³-hybridized carbons (Fsp3) is 0.421. The lowest BCUT2D eigenvalue weighted by Gasteiger charge is -2.37. The maximum absolute atomic E-state index is 14.9. The van der Waals surface area contributed by atoms with Crippen molar-refractivity contribution < 1.29 is 27.5 Å². The van der Waals surface area contributed by atoms with Gasteiger partial charge in [0, 0.05) is 106 Å². The summed E-state index contributed by atoms with van der Waals surface area (Å²) in [5.41, 5.74) is 0.754. The monoisotopic (exact) mass is 738 g/mol. The molecule has 0 spiro atoms. The van der Waals surface area contributed by atoms with E-state index in [0.717, 1.165) is 11.1 Å². The quantitative estimate of drug-likeness (QED) is 0.255. The minimum atomic E-state index is -3.82. The zero-order chi connectivity index (χ0) is 37.5. The van der Waals surface area contributed by atoms with Crippen LogP contribution in [0.4, 0.5) is 4.79 Å². The smallest absolute Gasteiger partial charge is 0.410 e. The van der Waals surface area contributed by atoms with Crippen molar-refractivity contribution in [3.8, 4) is 6.07 Å². The number of ether oxygens (including phenoxy) is 1. The number of carbonyl (C=O) groups excluding carboxylic acids is 3. The van der Waals surface area contributed by atoms with Crippen LogP contribution in [0.25, 0.3) is 0 Å². The molecule has 3 atom stereocenters. The molecule has 2 amide bonds. The number of allylic oxidation sites excluding steroid dienone is 1. The average Bonchev–Trinajstić information content (AvgIpc) is 3.46. The predicted octanol–water partition coefficient (Wildman–Crippen LogP) is 2.76. The Morgan fingerprint density at radius 2 is 1.45 bits per heavy atom. The highest BCUT2D eigenvalue weighted by molar-refractivity contribution is 7.86. The summed E-state index contributed by atoms with van der Waals surface area (Å²) in [6.45, 7) is 6.59. The summed E-state index contributed by atoms with van der Waals surface area (Å²) < 4.78 is 36.0. The fourth-order valence-electron chi connectivity index (χ4n) is 7.64. The second-order valence-electron chi connectivity index (χ2n) is 15.0. The molecule has 1 aromatic carbocycles. The van der Waals surface area contributed by atoms with Crippen LogP contribution in [-0.2, 0) is 32.6 Å². The fourth-order valence-corrected chi connectivity index (χ4v) is 9.31. The van der Waals surface area contributed by atoms with Crippen molar-refractivity contribution in [2.24, 2.45) is 11.8 Å². The van der Waals surface area contributed by atoms with Crippen LogP contribution in [-0.4, -0.2) is 111 Å². The molecule has 4 aliphatic rings. The molecular weight excluding hydrogens is 697 g/mol. The van der Waals surface area contributed by atoms with Crippen molar-refractivity contribution in [3.63, 3.8) is 0 Å². The second kappa shape index (κ2) is 14.0. The number of carbonyl (C=O) groups is 3. The van der Waals surface area contributed by atoms with Crippen LogP contribution in [0, 0.1) is 23.2 Å². The lowest BCUT2D eigenvalue weighted by Crippen LogP contribution is -2.55. The third kappa shape index (κ3) is 7.39. The molecule has 4 fully saturated rings. The van der Waals surface area contributed by atoms with Crippen molar-refractivity contribution in [1.29, 1.82) is 5.26 Å². The Hall–Kier alpha value is -5.17. The number of nitrogens with one attached hydrogen (secondary N) is 1. The number of benzene rings is 1. The Morgan fingerprint density at radius 1 is 0.906 bits per heavy atom. The highest BCUT2D eigenvalue weighted by Crippen LogP contribution is 2.53. The van der Waals surface area contributed by atoms with E-state index >= 15 is 0 Å². The van der Waals surface area contributed by atoms with Gasteiger partial charge in [-0.3, -0.25) is 24.5 Å². The standard InChI is InChI=1S/C38H42N8O6S/c1-37(2,3)52-36(49)43-16-18-44(19-17-43)53(50,51)45-24-30-31(25-45)34(30)46-33(20-32(47)29-6-4-28(23-39)5-7-29)42-38(35(46)48,21-26-8-12-40-13-9-26)22-27-10-14-41-15-11-27/h4-15,20,30-31,34,42H,16-19,21-22,24-25H2,1-3H3/b33-20+/t30-,31+,34?. The van der Waals surface area contributed by atoms with E-state index in [2.05, 4.69) is 21.4 Å². The number of piperidine rings is 1. The molecule has 2 aromatic heterocycles. The van der Waals surface area contributed by atoms with Crippen molar-refractivity contribution in [2.45, 2.75) is 50.8 Å². The van der Waals surface area contributed by atoms with Gasteiger partial charge in [-0.15, -0.1) is 0 Å². The van der Waals surface area contributed by atoms with Gasteiger partial charge in [0.15, 0.2) is 5.78 Å². The number of aromatic nitrogens is 2. The average molecular weight is 739 g/mol. The van der Waals surface area contributed by atoms with Gasteiger partial charge in [0.05, 0.1) is 11.6 Å². The van der Waals surface area contributed by atoms with Crippen molar-refractivity contribution in [1.82, 2.24) is 33.7 Å². The first-order chi connectivity index (χ1) is 25.3. The zero-order valence-corrected chi connectivity index (χ0v) is 30.7. The van der Waals surface area contributed by atoms with Crippen LogP contribution in [0.15, 0.2) is 85.2 Å². The third-order valence-corrected chi connectivity index (χ3v) is 12.3. The molecule has 276 valence electrons. The second-order valence-corrected chi connectivity index (χ2v) is 17.0. The Labute approximate surface area is 309 Å². The van der Waals surface area contributed by atoms with Crippen LogP contribution in [0.2, 0.25) is 0 Å². The van der Waals surface area contributed by atoms with Crippen LogP contribution >= 0.6 is 0 Å². The molecule has 15 heteroatoms. The molecule has 0 radical (unpaired) electrons. The number of pyridine rings is 2. The highest BCUT2D eigenvalue weighted by atomic mass is 32.2. The van der Waals surface area contributed by atoms with Gasteiger partial charge in [0.1, 0.15) is 17.0 Å².